The minimum atomic E-state index is 0.694. The first-order valence-electron chi connectivity index (χ1n) is 5.27. The smallest absolute Gasteiger partial charge is 0.0393 e. The fourth-order valence-electron chi connectivity index (χ4n) is 1.92. The van der Waals surface area contributed by atoms with Gasteiger partial charge in [-0.15, -0.1) is 0 Å². The summed E-state index contributed by atoms with van der Waals surface area (Å²) in [6.45, 7) is 4.47. The highest BCUT2D eigenvalue weighted by Gasteiger charge is 2.18. The number of anilines is 1. The van der Waals surface area contributed by atoms with Gasteiger partial charge in [0.05, 0.1) is 0 Å². The van der Waals surface area contributed by atoms with E-state index in [1.165, 1.54) is 24.2 Å². The first kappa shape index (κ1) is 9.53. The summed E-state index contributed by atoms with van der Waals surface area (Å²) in [5, 5.41) is 3.42. The third-order valence-corrected chi connectivity index (χ3v) is 2.95. The van der Waals surface area contributed by atoms with Crippen LogP contribution in [0, 0.1) is 6.92 Å². The van der Waals surface area contributed by atoms with Gasteiger partial charge in [-0.1, -0.05) is 18.2 Å². The largest absolute Gasteiger partial charge is 0.373 e. The predicted octanol–water partition coefficient (Wildman–Crippen LogP) is 1.79. The average Bonchev–Trinajstić information content (AvgIpc) is 2.12. The number of likely N-dealkylation sites (N-methyl/N-ethyl adjacent to an activating group) is 1. The van der Waals surface area contributed by atoms with Gasteiger partial charge in [0, 0.05) is 25.3 Å². The normalized spacial score (nSPS) is 20.3. The molecule has 0 saturated carbocycles. The number of nitrogens with zero attached hydrogens (tertiary/aromatic N) is 1. The van der Waals surface area contributed by atoms with Crippen LogP contribution in [0.2, 0.25) is 0 Å². The van der Waals surface area contributed by atoms with Crippen LogP contribution in [0.15, 0.2) is 24.3 Å². The van der Waals surface area contributed by atoms with Crippen molar-refractivity contribution in [1.82, 2.24) is 5.32 Å². The molecule has 2 rings (SSSR count). The van der Waals surface area contributed by atoms with Crippen LogP contribution >= 0.6 is 0 Å². The Labute approximate surface area is 85.9 Å². The van der Waals surface area contributed by atoms with Crippen molar-refractivity contribution in [1.29, 1.82) is 0 Å². The van der Waals surface area contributed by atoms with Gasteiger partial charge in [0.15, 0.2) is 0 Å². The van der Waals surface area contributed by atoms with Crippen molar-refractivity contribution in [2.45, 2.75) is 19.4 Å². The molecule has 1 saturated heterocycles. The third kappa shape index (κ3) is 1.90. The number of hydrogen-bond acceptors (Lipinski definition) is 2. The van der Waals surface area contributed by atoms with E-state index in [2.05, 4.69) is 48.5 Å². The molecule has 1 atom stereocenters. The topological polar surface area (TPSA) is 15.3 Å². The van der Waals surface area contributed by atoms with Gasteiger partial charge in [-0.2, -0.15) is 0 Å². The minimum Gasteiger partial charge on any atom is -0.373 e. The minimum absolute atomic E-state index is 0.694. The zero-order valence-corrected chi connectivity index (χ0v) is 8.96. The Hall–Kier alpha value is -1.02. The van der Waals surface area contributed by atoms with Crippen molar-refractivity contribution in [2.24, 2.45) is 0 Å². The van der Waals surface area contributed by atoms with Gasteiger partial charge >= 0.3 is 0 Å². The van der Waals surface area contributed by atoms with Crippen LogP contribution in [0.1, 0.15) is 12.0 Å². The SMILES string of the molecule is Cc1ccccc1N(C)CC1CCN1. The van der Waals surface area contributed by atoms with Crippen LogP contribution in [-0.4, -0.2) is 26.2 Å². The molecule has 76 valence electrons. The zero-order valence-electron chi connectivity index (χ0n) is 8.96. The molecular formula is C12H18N2. The lowest BCUT2D eigenvalue weighted by molar-refractivity contribution is 0.374. The van der Waals surface area contributed by atoms with E-state index in [0.29, 0.717) is 6.04 Å². The number of rotatable bonds is 3. The maximum Gasteiger partial charge on any atom is 0.0393 e. The Morgan fingerprint density at radius 2 is 2.14 bits per heavy atom. The van der Waals surface area contributed by atoms with Crippen molar-refractivity contribution in [3.05, 3.63) is 29.8 Å². The summed E-state index contributed by atoms with van der Waals surface area (Å²) in [7, 11) is 2.17. The van der Waals surface area contributed by atoms with Crippen LogP contribution < -0.4 is 10.2 Å². The van der Waals surface area contributed by atoms with Crippen molar-refractivity contribution in [2.75, 3.05) is 25.0 Å². The quantitative estimate of drug-likeness (QED) is 0.781. The van der Waals surface area contributed by atoms with E-state index in [4.69, 9.17) is 0 Å². The van der Waals surface area contributed by atoms with Crippen molar-refractivity contribution < 1.29 is 0 Å². The van der Waals surface area contributed by atoms with Gasteiger partial charge in [0.1, 0.15) is 0 Å². The lowest BCUT2D eigenvalue weighted by Gasteiger charge is -2.33. The maximum absolute atomic E-state index is 3.42. The van der Waals surface area contributed by atoms with Crippen LogP contribution in [-0.2, 0) is 0 Å². The van der Waals surface area contributed by atoms with Crippen molar-refractivity contribution >= 4 is 5.69 Å². The Bertz CT molecular complexity index is 305. The van der Waals surface area contributed by atoms with Gasteiger partial charge in [-0.3, -0.25) is 0 Å². The van der Waals surface area contributed by atoms with Gasteiger partial charge in [-0.25, -0.2) is 0 Å². The number of para-hydroxylation sites is 1. The molecule has 1 heterocycles. The summed E-state index contributed by atoms with van der Waals surface area (Å²) in [6, 6.07) is 9.25. The van der Waals surface area contributed by atoms with Crippen molar-refractivity contribution in [3.63, 3.8) is 0 Å². The molecule has 1 N–H and O–H groups in total. The molecule has 0 bridgehead atoms. The fraction of sp³-hybridized carbons (Fsp3) is 0.500. The maximum atomic E-state index is 3.42. The van der Waals surface area contributed by atoms with E-state index < -0.39 is 0 Å². The first-order chi connectivity index (χ1) is 6.77. The number of nitrogens with one attached hydrogen (secondary N) is 1. The average molecular weight is 190 g/mol. The molecule has 1 aromatic carbocycles. The molecule has 0 spiro atoms. The highest BCUT2D eigenvalue weighted by atomic mass is 15.1. The molecule has 14 heavy (non-hydrogen) atoms. The van der Waals surface area contributed by atoms with Crippen LogP contribution in [0.4, 0.5) is 5.69 Å². The third-order valence-electron chi connectivity index (χ3n) is 2.95. The first-order valence-corrected chi connectivity index (χ1v) is 5.27. The Balaban J connectivity index is 2.02. The second-order valence-electron chi connectivity index (χ2n) is 4.11. The van der Waals surface area contributed by atoms with Gasteiger partial charge in [-0.05, 0) is 31.5 Å². The van der Waals surface area contributed by atoms with Crippen molar-refractivity contribution in [3.8, 4) is 0 Å². The summed E-state index contributed by atoms with van der Waals surface area (Å²) in [5.41, 5.74) is 2.70. The molecule has 2 nitrogen and oxygen atoms in total. The van der Waals surface area contributed by atoms with Gasteiger partial charge < -0.3 is 10.2 Å². The molecule has 0 amide bonds. The van der Waals surface area contributed by atoms with Crippen LogP contribution in [0.25, 0.3) is 0 Å². The van der Waals surface area contributed by atoms with E-state index in [1.807, 2.05) is 0 Å². The molecule has 0 aliphatic carbocycles. The van der Waals surface area contributed by atoms with Gasteiger partial charge in [0.25, 0.3) is 0 Å². The summed E-state index contributed by atoms with van der Waals surface area (Å²) in [6.07, 6.45) is 1.32. The lowest BCUT2D eigenvalue weighted by Crippen LogP contribution is -2.49. The van der Waals surface area contributed by atoms with E-state index in [0.717, 1.165) is 6.54 Å². The molecule has 1 unspecified atom stereocenters. The summed E-state index contributed by atoms with van der Waals surface area (Å²) < 4.78 is 0. The highest BCUT2D eigenvalue weighted by molar-refractivity contribution is 5.52. The number of aryl methyl sites for hydroxylation is 1. The predicted molar refractivity (Wildman–Crippen MR) is 60.9 cm³/mol. The Morgan fingerprint density at radius 1 is 1.43 bits per heavy atom. The molecule has 1 fully saturated rings. The van der Waals surface area contributed by atoms with E-state index in [-0.39, 0.29) is 0 Å². The highest BCUT2D eigenvalue weighted by Crippen LogP contribution is 2.18. The molecule has 1 aliphatic rings. The monoisotopic (exact) mass is 190 g/mol. The van der Waals surface area contributed by atoms with Crippen LogP contribution in [0.3, 0.4) is 0 Å². The summed E-state index contributed by atoms with van der Waals surface area (Å²) >= 11 is 0. The van der Waals surface area contributed by atoms with E-state index in [1.54, 1.807) is 0 Å². The molecule has 0 radical (unpaired) electrons. The lowest BCUT2D eigenvalue weighted by atomic mass is 10.1. The Kier molecular flexibility index (Phi) is 2.73. The molecule has 0 aromatic heterocycles. The summed E-state index contributed by atoms with van der Waals surface area (Å²) in [4.78, 5) is 2.34. The molecule has 1 aromatic rings. The Morgan fingerprint density at radius 3 is 2.71 bits per heavy atom. The van der Waals surface area contributed by atoms with Crippen LogP contribution in [0.5, 0.6) is 0 Å². The summed E-state index contributed by atoms with van der Waals surface area (Å²) in [5.74, 6) is 0. The van der Waals surface area contributed by atoms with Gasteiger partial charge in [0.2, 0.25) is 0 Å². The zero-order chi connectivity index (χ0) is 9.97. The second-order valence-corrected chi connectivity index (χ2v) is 4.11. The number of hydrogen-bond donors (Lipinski definition) is 1. The molecule has 2 heteroatoms. The van der Waals surface area contributed by atoms with E-state index >= 15 is 0 Å². The standard InChI is InChI=1S/C12H18N2/c1-10-5-3-4-6-12(10)14(2)9-11-7-8-13-11/h3-6,11,13H,7-9H2,1-2H3. The fourth-order valence-corrected chi connectivity index (χ4v) is 1.92. The van der Waals surface area contributed by atoms with E-state index in [9.17, 15) is 0 Å². The second kappa shape index (κ2) is 4.01. The number of benzene rings is 1. The molecule has 1 aliphatic heterocycles. The molecular weight excluding hydrogens is 172 g/mol.